The predicted molar refractivity (Wildman–Crippen MR) is 79.6 cm³/mol. The van der Waals surface area contributed by atoms with Crippen molar-refractivity contribution in [3.8, 4) is 6.07 Å². The minimum Gasteiger partial charge on any atom is -0.381 e. The summed E-state index contributed by atoms with van der Waals surface area (Å²) in [6.45, 7) is 5.82. The maximum absolute atomic E-state index is 9.35. The predicted octanol–water partition coefficient (Wildman–Crippen LogP) is 3.65. The monoisotopic (exact) mass is 276 g/mol. The Hall–Kier alpha value is -1.18. The average Bonchev–Trinajstić information content (AvgIpc) is 2.84. The van der Waals surface area contributed by atoms with Crippen LogP contribution in [0.5, 0.6) is 0 Å². The largest absolute Gasteiger partial charge is 0.381 e. The molecule has 0 amide bonds. The summed E-state index contributed by atoms with van der Waals surface area (Å²) in [7, 11) is 0. The molecule has 1 N–H and O–H groups in total. The first-order chi connectivity index (χ1) is 9.18. The van der Waals surface area contributed by atoms with E-state index in [0.29, 0.717) is 0 Å². The van der Waals surface area contributed by atoms with Gasteiger partial charge in [0.2, 0.25) is 0 Å². The number of hydrogen-bond donors (Lipinski definition) is 1. The SMILES string of the molecule is CCSc1cccc(NCC2(C)CCCO2)c1C#N. The maximum atomic E-state index is 9.35. The van der Waals surface area contributed by atoms with Gasteiger partial charge >= 0.3 is 0 Å². The highest BCUT2D eigenvalue weighted by molar-refractivity contribution is 7.99. The molecule has 1 aliphatic rings. The normalized spacial score (nSPS) is 22.2. The minimum absolute atomic E-state index is 0.0966. The van der Waals surface area contributed by atoms with Crippen LogP contribution in [0.4, 0.5) is 5.69 Å². The van der Waals surface area contributed by atoms with Gasteiger partial charge in [-0.05, 0) is 37.7 Å². The van der Waals surface area contributed by atoms with Gasteiger partial charge in [-0.3, -0.25) is 0 Å². The Bertz CT molecular complexity index is 476. The highest BCUT2D eigenvalue weighted by atomic mass is 32.2. The molecule has 0 radical (unpaired) electrons. The van der Waals surface area contributed by atoms with E-state index in [1.54, 1.807) is 11.8 Å². The number of thioether (sulfide) groups is 1. The van der Waals surface area contributed by atoms with Crippen LogP contribution >= 0.6 is 11.8 Å². The molecule has 1 atom stereocenters. The molecule has 1 fully saturated rings. The zero-order chi connectivity index (χ0) is 13.7. The van der Waals surface area contributed by atoms with E-state index in [1.807, 2.05) is 18.2 Å². The minimum atomic E-state index is -0.0966. The number of nitrogens with one attached hydrogen (secondary N) is 1. The summed E-state index contributed by atoms with van der Waals surface area (Å²) in [5.74, 6) is 0.971. The van der Waals surface area contributed by atoms with Crippen LogP contribution in [-0.4, -0.2) is 24.5 Å². The lowest BCUT2D eigenvalue weighted by atomic mass is 10.0. The van der Waals surface area contributed by atoms with Crippen molar-refractivity contribution in [3.05, 3.63) is 23.8 Å². The molecule has 0 bridgehead atoms. The smallest absolute Gasteiger partial charge is 0.102 e. The standard InChI is InChI=1S/C15H20N2OS/c1-3-19-14-7-4-6-13(12(14)10-16)17-11-15(2)8-5-9-18-15/h4,6-7,17H,3,5,8-9,11H2,1-2H3. The maximum Gasteiger partial charge on any atom is 0.102 e. The summed E-state index contributed by atoms with van der Waals surface area (Å²) >= 11 is 1.70. The number of hydrogen-bond acceptors (Lipinski definition) is 4. The summed E-state index contributed by atoms with van der Waals surface area (Å²) in [4.78, 5) is 1.05. The number of ether oxygens (including phenoxy) is 1. The van der Waals surface area contributed by atoms with Gasteiger partial charge in [0, 0.05) is 18.0 Å². The molecule has 1 aliphatic heterocycles. The molecular formula is C15H20N2OS. The van der Waals surface area contributed by atoms with Crippen LogP contribution < -0.4 is 5.32 Å². The van der Waals surface area contributed by atoms with Gasteiger partial charge in [0.1, 0.15) is 6.07 Å². The van der Waals surface area contributed by atoms with Crippen molar-refractivity contribution >= 4 is 17.4 Å². The first-order valence-electron chi connectivity index (χ1n) is 6.72. The molecule has 1 aromatic carbocycles. The first kappa shape index (κ1) is 14.2. The zero-order valence-corrected chi connectivity index (χ0v) is 12.3. The van der Waals surface area contributed by atoms with Crippen LogP contribution in [0.15, 0.2) is 23.1 Å². The van der Waals surface area contributed by atoms with Crippen molar-refractivity contribution in [1.29, 1.82) is 5.26 Å². The third-order valence-electron chi connectivity index (χ3n) is 3.39. The summed E-state index contributed by atoms with van der Waals surface area (Å²) in [6.07, 6.45) is 2.19. The summed E-state index contributed by atoms with van der Waals surface area (Å²) < 4.78 is 5.76. The molecule has 4 heteroatoms. The second-order valence-corrected chi connectivity index (χ2v) is 6.28. The van der Waals surface area contributed by atoms with E-state index in [4.69, 9.17) is 4.74 Å². The van der Waals surface area contributed by atoms with Gasteiger partial charge in [-0.2, -0.15) is 5.26 Å². The van der Waals surface area contributed by atoms with E-state index < -0.39 is 0 Å². The Kier molecular flexibility index (Phi) is 4.73. The second-order valence-electron chi connectivity index (χ2n) is 4.98. The number of nitriles is 1. The molecule has 0 spiro atoms. The van der Waals surface area contributed by atoms with Gasteiger partial charge < -0.3 is 10.1 Å². The molecule has 1 heterocycles. The Labute approximate surface area is 119 Å². The van der Waals surface area contributed by atoms with E-state index in [0.717, 1.165) is 47.9 Å². The molecule has 1 saturated heterocycles. The molecule has 0 aliphatic carbocycles. The first-order valence-corrected chi connectivity index (χ1v) is 7.71. The van der Waals surface area contributed by atoms with E-state index in [9.17, 15) is 5.26 Å². The molecule has 0 saturated carbocycles. The van der Waals surface area contributed by atoms with E-state index in [1.165, 1.54) is 0 Å². The topological polar surface area (TPSA) is 45.0 Å². The Morgan fingerprint density at radius 2 is 2.37 bits per heavy atom. The van der Waals surface area contributed by atoms with Crippen LogP contribution in [0, 0.1) is 11.3 Å². The number of benzene rings is 1. The van der Waals surface area contributed by atoms with Gasteiger partial charge in [-0.25, -0.2) is 0 Å². The van der Waals surface area contributed by atoms with Crippen molar-refractivity contribution in [3.63, 3.8) is 0 Å². The Balaban J connectivity index is 2.11. The molecule has 2 rings (SSSR count). The fraction of sp³-hybridized carbons (Fsp3) is 0.533. The lowest BCUT2D eigenvalue weighted by molar-refractivity contribution is 0.0315. The highest BCUT2D eigenvalue weighted by Crippen LogP contribution is 2.30. The third kappa shape index (κ3) is 3.43. The van der Waals surface area contributed by atoms with Crippen molar-refractivity contribution in [2.45, 2.75) is 37.2 Å². The Morgan fingerprint density at radius 1 is 1.53 bits per heavy atom. The summed E-state index contributed by atoms with van der Waals surface area (Å²) in [5.41, 5.74) is 1.56. The lowest BCUT2D eigenvalue weighted by Gasteiger charge is -2.24. The molecule has 3 nitrogen and oxygen atoms in total. The van der Waals surface area contributed by atoms with E-state index in [2.05, 4.69) is 25.2 Å². The molecule has 1 unspecified atom stereocenters. The fourth-order valence-electron chi connectivity index (χ4n) is 2.33. The number of rotatable bonds is 5. The van der Waals surface area contributed by atoms with Crippen molar-refractivity contribution < 1.29 is 4.74 Å². The van der Waals surface area contributed by atoms with Gasteiger partial charge in [0.15, 0.2) is 0 Å². The number of nitrogens with zero attached hydrogens (tertiary/aromatic N) is 1. The van der Waals surface area contributed by atoms with Crippen LogP contribution in [0.2, 0.25) is 0 Å². The Morgan fingerprint density at radius 3 is 3.00 bits per heavy atom. The van der Waals surface area contributed by atoms with Crippen LogP contribution in [0.1, 0.15) is 32.3 Å². The summed E-state index contributed by atoms with van der Waals surface area (Å²) in [5, 5.41) is 12.7. The summed E-state index contributed by atoms with van der Waals surface area (Å²) in [6, 6.07) is 8.29. The quantitative estimate of drug-likeness (QED) is 0.834. The van der Waals surface area contributed by atoms with Gasteiger partial charge in [0.25, 0.3) is 0 Å². The van der Waals surface area contributed by atoms with E-state index >= 15 is 0 Å². The fourth-order valence-corrected chi connectivity index (χ4v) is 3.11. The zero-order valence-electron chi connectivity index (χ0n) is 11.5. The highest BCUT2D eigenvalue weighted by Gasteiger charge is 2.29. The van der Waals surface area contributed by atoms with Gasteiger partial charge in [0.05, 0.1) is 16.9 Å². The molecule has 1 aromatic rings. The number of anilines is 1. The van der Waals surface area contributed by atoms with Crippen molar-refractivity contribution in [1.82, 2.24) is 0 Å². The second kappa shape index (κ2) is 6.31. The molecule has 19 heavy (non-hydrogen) atoms. The van der Waals surface area contributed by atoms with Crippen molar-refractivity contribution in [2.24, 2.45) is 0 Å². The van der Waals surface area contributed by atoms with Gasteiger partial charge in [-0.15, -0.1) is 11.8 Å². The van der Waals surface area contributed by atoms with E-state index in [-0.39, 0.29) is 5.60 Å². The lowest BCUT2D eigenvalue weighted by Crippen LogP contribution is -2.32. The third-order valence-corrected chi connectivity index (χ3v) is 4.33. The van der Waals surface area contributed by atoms with Gasteiger partial charge in [-0.1, -0.05) is 13.0 Å². The molecular weight excluding hydrogens is 256 g/mol. The molecule has 0 aromatic heterocycles. The van der Waals surface area contributed by atoms with Crippen molar-refractivity contribution in [2.75, 3.05) is 24.2 Å². The van der Waals surface area contributed by atoms with Crippen LogP contribution in [0.3, 0.4) is 0 Å². The molecule has 102 valence electrons. The van der Waals surface area contributed by atoms with Crippen LogP contribution in [0.25, 0.3) is 0 Å². The average molecular weight is 276 g/mol. The van der Waals surface area contributed by atoms with Crippen LogP contribution in [-0.2, 0) is 4.74 Å².